The second-order valence-electron chi connectivity index (χ2n) is 2.10. The van der Waals surface area contributed by atoms with Crippen LogP contribution in [0.2, 0.25) is 0 Å². The van der Waals surface area contributed by atoms with Crippen LogP contribution in [0, 0.1) is 0 Å². The molecule has 11 heavy (non-hydrogen) atoms. The Hall–Kier alpha value is -0.135. The van der Waals surface area contributed by atoms with Crippen LogP contribution in [0.25, 0.3) is 0 Å². The number of aliphatic hydroxyl groups is 4. The lowest BCUT2D eigenvalue weighted by atomic mass is 10.1. The summed E-state index contributed by atoms with van der Waals surface area (Å²) >= 11 is 0. The maximum absolute atomic E-state index is 9.00. The Bertz CT molecular complexity index is 96.9. The van der Waals surface area contributed by atoms with E-state index in [0.29, 0.717) is 0 Å². The van der Waals surface area contributed by atoms with Gasteiger partial charge in [0.05, 0.1) is 19.3 Å². The van der Waals surface area contributed by atoms with E-state index in [2.05, 4.69) is 12.7 Å². The topological polar surface area (TPSA) is 90.2 Å². The van der Waals surface area contributed by atoms with Crippen molar-refractivity contribution in [1.29, 1.82) is 0 Å². The summed E-state index contributed by atoms with van der Waals surface area (Å²) in [6, 6.07) is 0. The van der Waals surface area contributed by atoms with Crippen LogP contribution in [-0.4, -0.2) is 60.0 Å². The van der Waals surface area contributed by atoms with Crippen LogP contribution in [0.4, 0.5) is 0 Å². The minimum absolute atomic E-state index is 0.519. The van der Waals surface area contributed by atoms with Gasteiger partial charge in [0.25, 0.3) is 8.05 Å². The van der Waals surface area contributed by atoms with Crippen molar-refractivity contribution in [2.45, 2.75) is 18.3 Å². The molecule has 0 saturated heterocycles. The first-order valence-electron chi connectivity index (χ1n) is 3.10. The Balaban J connectivity index is 3.86. The summed E-state index contributed by atoms with van der Waals surface area (Å²) < 4.78 is 4.11. The molecule has 6 heteroatoms. The third-order valence-electron chi connectivity index (χ3n) is 1.32. The normalized spacial score (nSPS) is 19.3. The minimum Gasteiger partial charge on any atom is -0.440 e. The zero-order valence-electron chi connectivity index (χ0n) is 5.92. The zero-order chi connectivity index (χ0) is 8.85. The van der Waals surface area contributed by atoms with Crippen molar-refractivity contribution in [3.05, 3.63) is 0 Å². The van der Waals surface area contributed by atoms with Crippen molar-refractivity contribution < 1.29 is 25.1 Å². The van der Waals surface area contributed by atoms with Crippen LogP contribution < -0.4 is 0 Å². The first-order valence-corrected chi connectivity index (χ1v) is 3.10. The molecule has 0 aliphatic carbocycles. The molecule has 0 rings (SSSR count). The molecule has 0 aliphatic rings. The third-order valence-corrected chi connectivity index (χ3v) is 1.32. The summed E-state index contributed by atoms with van der Waals surface area (Å²) in [6.45, 7) is -1.13. The Morgan fingerprint density at radius 3 is 2.00 bits per heavy atom. The van der Waals surface area contributed by atoms with Crippen molar-refractivity contribution in [3.8, 4) is 0 Å². The van der Waals surface area contributed by atoms with Gasteiger partial charge in [-0.25, -0.2) is 0 Å². The summed E-state index contributed by atoms with van der Waals surface area (Å²) in [5, 5.41) is 34.7. The monoisotopic (exact) mass is 162 g/mol. The van der Waals surface area contributed by atoms with E-state index in [1.807, 2.05) is 0 Å². The van der Waals surface area contributed by atoms with E-state index >= 15 is 0 Å². The zero-order valence-corrected chi connectivity index (χ0v) is 5.92. The molecule has 0 aromatic carbocycles. The molecule has 0 aliphatic heterocycles. The van der Waals surface area contributed by atoms with Crippen LogP contribution in [0.5, 0.6) is 0 Å². The molecule has 0 aromatic heterocycles. The third kappa shape index (κ3) is 3.17. The highest BCUT2D eigenvalue weighted by Gasteiger charge is 2.24. The highest BCUT2D eigenvalue weighted by atomic mass is 16.5. The second kappa shape index (κ2) is 5.51. The first kappa shape index (κ1) is 10.9. The molecule has 0 aromatic rings. The molecule has 0 spiro atoms. The molecule has 0 heterocycles. The van der Waals surface area contributed by atoms with Gasteiger partial charge in [0.2, 0.25) is 0 Å². The average Bonchev–Trinajstić information content (AvgIpc) is 2.05. The summed E-state index contributed by atoms with van der Waals surface area (Å²) in [6.07, 6.45) is -3.80. The molecule has 0 fully saturated rings. The Morgan fingerprint density at radius 2 is 1.73 bits per heavy atom. The fraction of sp³-hybridized carbons (Fsp3) is 1.00. The molecule has 2 radical (unpaired) electrons. The highest BCUT2D eigenvalue weighted by molar-refractivity contribution is 5.98. The Morgan fingerprint density at radius 1 is 1.18 bits per heavy atom. The van der Waals surface area contributed by atoms with E-state index < -0.39 is 31.5 Å². The number of aliphatic hydroxyl groups excluding tert-OH is 4. The molecule has 3 atom stereocenters. The predicted octanol–water partition coefficient (Wildman–Crippen LogP) is -2.84. The van der Waals surface area contributed by atoms with Gasteiger partial charge in [0.1, 0.15) is 12.2 Å². The van der Waals surface area contributed by atoms with E-state index in [1.54, 1.807) is 0 Å². The van der Waals surface area contributed by atoms with E-state index in [1.165, 1.54) is 0 Å². The quantitative estimate of drug-likeness (QED) is 0.327. The van der Waals surface area contributed by atoms with Gasteiger partial charge >= 0.3 is 0 Å². The first-order chi connectivity index (χ1) is 5.17. The molecule has 64 valence electrons. The lowest BCUT2D eigenvalue weighted by molar-refractivity contribution is -0.0792. The lowest BCUT2D eigenvalue weighted by Gasteiger charge is -2.23. The molecule has 0 bridgehead atoms. The molecule has 2 unspecified atom stereocenters. The van der Waals surface area contributed by atoms with Crippen LogP contribution in [0.1, 0.15) is 0 Å². The summed E-state index contributed by atoms with van der Waals surface area (Å²) in [7, 11) is 4.66. The van der Waals surface area contributed by atoms with Crippen LogP contribution in [0.3, 0.4) is 0 Å². The van der Waals surface area contributed by atoms with Gasteiger partial charge in [-0.3, -0.25) is 0 Å². The van der Waals surface area contributed by atoms with Crippen molar-refractivity contribution in [2.75, 3.05) is 13.2 Å². The van der Waals surface area contributed by atoms with Gasteiger partial charge in [0, 0.05) is 0 Å². The van der Waals surface area contributed by atoms with E-state index in [4.69, 9.17) is 20.4 Å². The van der Waals surface area contributed by atoms with E-state index in [0.717, 1.165) is 0 Å². The van der Waals surface area contributed by atoms with Crippen LogP contribution in [-0.2, 0) is 4.65 Å². The van der Waals surface area contributed by atoms with Crippen molar-refractivity contribution in [2.24, 2.45) is 0 Å². The number of rotatable bonds is 5. The largest absolute Gasteiger partial charge is 0.440 e. The fourth-order valence-electron chi connectivity index (χ4n) is 0.587. The van der Waals surface area contributed by atoms with Crippen molar-refractivity contribution in [3.63, 3.8) is 0 Å². The minimum atomic E-state index is -1.38. The maximum Gasteiger partial charge on any atom is 0.283 e. The van der Waals surface area contributed by atoms with Gasteiger partial charge in [-0.1, -0.05) is 0 Å². The van der Waals surface area contributed by atoms with Crippen LogP contribution in [0.15, 0.2) is 0 Å². The smallest absolute Gasteiger partial charge is 0.283 e. The summed E-state index contributed by atoms with van der Waals surface area (Å²) in [5.74, 6) is 0. The van der Waals surface area contributed by atoms with Gasteiger partial charge in [0.15, 0.2) is 0 Å². The Labute approximate surface area is 65.7 Å². The van der Waals surface area contributed by atoms with Gasteiger partial charge < -0.3 is 25.1 Å². The second-order valence-corrected chi connectivity index (χ2v) is 2.10. The van der Waals surface area contributed by atoms with Gasteiger partial charge in [-0.15, -0.1) is 0 Å². The van der Waals surface area contributed by atoms with Crippen molar-refractivity contribution in [1.82, 2.24) is 0 Å². The van der Waals surface area contributed by atoms with E-state index in [9.17, 15) is 0 Å². The van der Waals surface area contributed by atoms with Gasteiger partial charge in [-0.2, -0.15) is 0 Å². The van der Waals surface area contributed by atoms with E-state index in [-0.39, 0.29) is 0 Å². The maximum atomic E-state index is 9.00. The summed E-state index contributed by atoms with van der Waals surface area (Å²) in [4.78, 5) is 0. The fourth-order valence-corrected chi connectivity index (χ4v) is 0.587. The molecular formula is C5H11BO5. The highest BCUT2D eigenvalue weighted by Crippen LogP contribution is 2.01. The molecule has 0 saturated carbocycles. The average molecular weight is 162 g/mol. The summed E-state index contributed by atoms with van der Waals surface area (Å²) in [5.41, 5.74) is 0. The molecule has 4 N–H and O–H groups in total. The molecule has 5 nitrogen and oxygen atoms in total. The SMILES string of the molecule is [B]OC(CO)C(O)[C@@H](O)CO. The predicted molar refractivity (Wildman–Crippen MR) is 36.8 cm³/mol. The van der Waals surface area contributed by atoms with Gasteiger partial charge in [-0.05, 0) is 0 Å². The number of hydrogen-bond donors (Lipinski definition) is 4. The number of hydrogen-bond acceptors (Lipinski definition) is 5. The Kier molecular flexibility index (Phi) is 5.44. The standard InChI is InChI=1S/C5H11BO5/c6-11-4(2-8)5(10)3(9)1-7/h3-5,7-10H,1-2H2/t3-,4?,5?/m0/s1. The van der Waals surface area contributed by atoms with Crippen molar-refractivity contribution >= 4 is 8.05 Å². The van der Waals surface area contributed by atoms with Crippen LogP contribution >= 0.6 is 0 Å². The lowest BCUT2D eigenvalue weighted by Crippen LogP contribution is -2.42. The molecular weight excluding hydrogens is 151 g/mol. The molecule has 0 amide bonds.